The first-order valence-corrected chi connectivity index (χ1v) is 38.7. The molecule has 0 aliphatic carbocycles. The lowest BCUT2D eigenvalue weighted by Gasteiger charge is -2.21. The van der Waals surface area contributed by atoms with Crippen LogP contribution in [0.3, 0.4) is 0 Å². The second-order valence-corrected chi connectivity index (χ2v) is 29.5. The zero-order valence-electron chi connectivity index (χ0n) is 57.3. The third-order valence-electron chi connectivity index (χ3n) is 16.2. The molecular weight excluding hydrogens is 1160 g/mol. The molecule has 3 N–H and O–H groups in total. The van der Waals surface area contributed by atoms with Gasteiger partial charge in [-0.2, -0.15) is 0 Å². The van der Waals surface area contributed by atoms with Crippen LogP contribution in [0.1, 0.15) is 338 Å². The Hall–Kier alpha value is -1.94. The van der Waals surface area contributed by atoms with Gasteiger partial charge in [0.25, 0.3) is 0 Å². The number of phosphoric acid groups is 2. The number of carbonyl (C=O) groups is 4. The van der Waals surface area contributed by atoms with E-state index in [9.17, 15) is 43.2 Å². The molecule has 6 atom stereocenters. The van der Waals surface area contributed by atoms with Gasteiger partial charge in [-0.15, -0.1) is 0 Å². The maximum absolute atomic E-state index is 13.0. The van der Waals surface area contributed by atoms with Gasteiger partial charge in [-0.25, -0.2) is 9.13 Å². The highest BCUT2D eigenvalue weighted by Gasteiger charge is 2.30. The van der Waals surface area contributed by atoms with Gasteiger partial charge in [-0.1, -0.05) is 287 Å². The van der Waals surface area contributed by atoms with Crippen LogP contribution in [0.4, 0.5) is 0 Å². The van der Waals surface area contributed by atoms with E-state index in [1.807, 2.05) is 0 Å². The average molecular weight is 1300 g/mol. The van der Waals surface area contributed by atoms with E-state index in [0.717, 1.165) is 114 Å². The molecule has 0 aromatic heterocycles. The van der Waals surface area contributed by atoms with Crippen LogP contribution in [0.25, 0.3) is 0 Å². The van der Waals surface area contributed by atoms with Crippen LogP contribution in [-0.2, 0) is 65.4 Å². The zero-order chi connectivity index (χ0) is 65.4. The number of esters is 4. The summed E-state index contributed by atoms with van der Waals surface area (Å²) in [5.74, 6) is 0.821. The number of ether oxygens (including phenoxy) is 4. The molecule has 19 heteroatoms. The number of phosphoric ester groups is 2. The first-order chi connectivity index (χ1) is 42.1. The summed E-state index contributed by atoms with van der Waals surface area (Å²) in [7, 11) is -9.90. The van der Waals surface area contributed by atoms with Crippen LogP contribution < -0.4 is 0 Å². The maximum atomic E-state index is 13.0. The molecule has 0 aromatic carbocycles. The standard InChI is InChI=1S/C69H134O17P2/c1-9-62(8)48-40-32-27-28-36-44-52-69(74)86-65(56-80-67(72)50-42-34-25-19-17-22-30-38-46-60(4)5)58-84-88(77,78)82-54-63(70)53-81-87(75,76)83-57-64(85-68(73)51-43-35-26-20-18-23-31-39-47-61(6)7)55-79-66(71)49-41-33-24-16-14-12-10-11-13-15-21-29-37-45-59(2)3/h59-65,70H,9-58H2,1-8H3,(H,75,76)(H,77,78)/t62?,63?,64-,65-/m1/s1. The molecule has 0 spiro atoms. The monoisotopic (exact) mass is 1300 g/mol. The van der Waals surface area contributed by atoms with Crippen molar-refractivity contribution in [1.29, 1.82) is 0 Å². The minimum atomic E-state index is -4.95. The molecule has 0 aliphatic heterocycles. The molecule has 522 valence electrons. The molecule has 4 unspecified atom stereocenters. The van der Waals surface area contributed by atoms with Crippen molar-refractivity contribution in [3.63, 3.8) is 0 Å². The molecule has 0 amide bonds. The topological polar surface area (TPSA) is 237 Å². The van der Waals surface area contributed by atoms with Crippen molar-refractivity contribution in [2.75, 3.05) is 39.6 Å². The highest BCUT2D eigenvalue weighted by Crippen LogP contribution is 2.45. The third kappa shape index (κ3) is 61.6. The van der Waals surface area contributed by atoms with E-state index >= 15 is 0 Å². The second-order valence-electron chi connectivity index (χ2n) is 26.6. The van der Waals surface area contributed by atoms with Crippen molar-refractivity contribution >= 4 is 39.5 Å². The average Bonchev–Trinajstić information content (AvgIpc) is 3.69. The number of aliphatic hydroxyl groups excluding tert-OH is 1. The molecule has 0 fully saturated rings. The van der Waals surface area contributed by atoms with Crippen LogP contribution in [0.5, 0.6) is 0 Å². The Labute approximate surface area is 537 Å². The fraction of sp³-hybridized carbons (Fsp3) is 0.942. The minimum absolute atomic E-state index is 0.102. The Morgan fingerprint density at radius 1 is 0.318 bits per heavy atom. The van der Waals surface area contributed by atoms with E-state index in [-0.39, 0.29) is 25.7 Å². The summed E-state index contributed by atoms with van der Waals surface area (Å²) in [4.78, 5) is 72.4. The van der Waals surface area contributed by atoms with Gasteiger partial charge in [-0.05, 0) is 49.4 Å². The molecule has 88 heavy (non-hydrogen) atoms. The summed E-state index contributed by atoms with van der Waals surface area (Å²) in [5.41, 5.74) is 0. The van der Waals surface area contributed by atoms with E-state index in [1.165, 1.54) is 141 Å². The summed E-state index contributed by atoms with van der Waals surface area (Å²) >= 11 is 0. The van der Waals surface area contributed by atoms with E-state index in [0.29, 0.717) is 25.7 Å². The van der Waals surface area contributed by atoms with Crippen LogP contribution in [0.15, 0.2) is 0 Å². The van der Waals surface area contributed by atoms with Gasteiger partial charge in [0.05, 0.1) is 26.4 Å². The van der Waals surface area contributed by atoms with Crippen molar-refractivity contribution in [2.24, 2.45) is 23.7 Å². The third-order valence-corrected chi connectivity index (χ3v) is 18.1. The van der Waals surface area contributed by atoms with Gasteiger partial charge >= 0.3 is 39.5 Å². The Morgan fingerprint density at radius 2 is 0.545 bits per heavy atom. The van der Waals surface area contributed by atoms with Crippen LogP contribution in [0.2, 0.25) is 0 Å². The lowest BCUT2D eigenvalue weighted by atomic mass is 10.00. The predicted molar refractivity (Wildman–Crippen MR) is 354 cm³/mol. The Balaban J connectivity index is 5.23. The van der Waals surface area contributed by atoms with Crippen molar-refractivity contribution in [3.05, 3.63) is 0 Å². The lowest BCUT2D eigenvalue weighted by Crippen LogP contribution is -2.30. The summed E-state index contributed by atoms with van der Waals surface area (Å²) in [6.45, 7) is 14.0. The largest absolute Gasteiger partial charge is 0.472 e. The lowest BCUT2D eigenvalue weighted by molar-refractivity contribution is -0.161. The molecule has 0 saturated heterocycles. The smallest absolute Gasteiger partial charge is 0.462 e. The summed E-state index contributed by atoms with van der Waals surface area (Å²) in [5, 5.41) is 10.6. The maximum Gasteiger partial charge on any atom is 0.472 e. The highest BCUT2D eigenvalue weighted by atomic mass is 31.2. The molecule has 0 aliphatic rings. The Morgan fingerprint density at radius 3 is 0.807 bits per heavy atom. The minimum Gasteiger partial charge on any atom is -0.462 e. The summed E-state index contributed by atoms with van der Waals surface area (Å²) in [6, 6.07) is 0. The van der Waals surface area contributed by atoms with Gasteiger partial charge in [0.1, 0.15) is 19.3 Å². The van der Waals surface area contributed by atoms with Gasteiger partial charge in [0, 0.05) is 25.7 Å². The van der Waals surface area contributed by atoms with Crippen LogP contribution in [0, 0.1) is 23.7 Å². The Kier molecular flexibility index (Phi) is 57.6. The van der Waals surface area contributed by atoms with Crippen LogP contribution >= 0.6 is 15.6 Å². The van der Waals surface area contributed by atoms with Crippen molar-refractivity contribution in [1.82, 2.24) is 0 Å². The molecule has 0 radical (unpaired) electrons. The van der Waals surface area contributed by atoms with Crippen molar-refractivity contribution in [2.45, 2.75) is 356 Å². The molecule has 0 heterocycles. The fourth-order valence-corrected chi connectivity index (χ4v) is 11.9. The normalized spacial score (nSPS) is 14.6. The number of hydrogen-bond acceptors (Lipinski definition) is 15. The van der Waals surface area contributed by atoms with Crippen LogP contribution in [-0.4, -0.2) is 96.7 Å². The zero-order valence-corrected chi connectivity index (χ0v) is 59.1. The van der Waals surface area contributed by atoms with Crippen molar-refractivity contribution < 1.29 is 80.2 Å². The van der Waals surface area contributed by atoms with E-state index in [1.54, 1.807) is 0 Å². The summed E-state index contributed by atoms with van der Waals surface area (Å²) in [6.07, 6.45) is 40.4. The number of carbonyl (C=O) groups excluding carboxylic acids is 4. The number of unbranched alkanes of at least 4 members (excludes halogenated alkanes) is 31. The SMILES string of the molecule is CCC(C)CCCCCCCCC(=O)O[C@H](COC(=O)CCCCCCCCCCC(C)C)COP(=O)(O)OCC(O)COP(=O)(O)OC[C@@H](COC(=O)CCCCCCCCCCCCCCCC(C)C)OC(=O)CCCCCCCCCCC(C)C. The van der Waals surface area contributed by atoms with E-state index < -0.39 is 97.5 Å². The Bertz CT molecular complexity index is 1750. The molecule has 0 saturated carbocycles. The fourth-order valence-electron chi connectivity index (χ4n) is 10.3. The molecule has 0 bridgehead atoms. The predicted octanol–water partition coefficient (Wildman–Crippen LogP) is 19.3. The molecule has 0 aromatic rings. The number of rotatable bonds is 66. The second kappa shape index (κ2) is 58.8. The van der Waals surface area contributed by atoms with E-state index in [4.69, 9.17) is 37.0 Å². The molecule has 17 nitrogen and oxygen atoms in total. The van der Waals surface area contributed by atoms with Gasteiger partial charge in [-0.3, -0.25) is 37.3 Å². The summed E-state index contributed by atoms with van der Waals surface area (Å²) < 4.78 is 68.2. The van der Waals surface area contributed by atoms with Gasteiger partial charge in [0.15, 0.2) is 12.2 Å². The van der Waals surface area contributed by atoms with Crippen molar-refractivity contribution in [3.8, 4) is 0 Å². The van der Waals surface area contributed by atoms with E-state index in [2.05, 4.69) is 55.4 Å². The quantitative estimate of drug-likeness (QED) is 0.0222. The highest BCUT2D eigenvalue weighted by molar-refractivity contribution is 7.47. The molecular formula is C69H134O17P2. The molecule has 0 rings (SSSR count). The number of hydrogen-bond donors (Lipinski definition) is 3. The first kappa shape index (κ1) is 86.1. The first-order valence-electron chi connectivity index (χ1n) is 35.7. The number of aliphatic hydroxyl groups is 1. The van der Waals surface area contributed by atoms with Gasteiger partial charge < -0.3 is 33.8 Å². The van der Waals surface area contributed by atoms with Gasteiger partial charge in [0.2, 0.25) is 0 Å².